The van der Waals surface area contributed by atoms with Gasteiger partial charge in [-0.1, -0.05) is 38.2 Å². The summed E-state index contributed by atoms with van der Waals surface area (Å²) >= 11 is 0. The molecule has 8 atom stereocenters. The van der Waals surface area contributed by atoms with Crippen LogP contribution < -0.4 is 15.9 Å². The lowest BCUT2D eigenvalue weighted by Crippen LogP contribution is -2.62. The molecule has 33 heavy (non-hydrogen) atoms. The second kappa shape index (κ2) is 9.37. The van der Waals surface area contributed by atoms with Crippen LogP contribution in [0.15, 0.2) is 17.1 Å². The van der Waals surface area contributed by atoms with E-state index in [1.807, 2.05) is 6.08 Å². The van der Waals surface area contributed by atoms with E-state index in [1.165, 1.54) is 0 Å². The van der Waals surface area contributed by atoms with E-state index in [0.29, 0.717) is 31.5 Å². The highest BCUT2D eigenvalue weighted by Crippen LogP contribution is 2.45. The van der Waals surface area contributed by atoms with Crippen LogP contribution in [0.1, 0.15) is 57.8 Å². The molecule has 0 aliphatic carbocycles. The zero-order valence-corrected chi connectivity index (χ0v) is 19.4. The van der Waals surface area contributed by atoms with E-state index in [0.717, 1.165) is 32.1 Å². The van der Waals surface area contributed by atoms with Gasteiger partial charge in [0.15, 0.2) is 0 Å². The summed E-state index contributed by atoms with van der Waals surface area (Å²) in [5, 5.41) is 24.6. The predicted octanol–water partition coefficient (Wildman–Crippen LogP) is -0.372. The molecule has 12 heteroatoms. The van der Waals surface area contributed by atoms with E-state index < -0.39 is 49.9 Å². The Kier molecular flexibility index (Phi) is 7.04. The minimum Gasteiger partial charge on any atom is -0.756 e. The number of phosphoric ester groups is 1. The number of fused-ring (bicyclic) bond motifs is 3. The Morgan fingerprint density at radius 1 is 1.21 bits per heavy atom. The standard InChI is InChI=1S/C21H34N3O8P/c22-15-7-6-13-10-20(18-17(26)16(25)14(32-18)12-31-33(28,29)30)8-4-2-1-3-5-9-21(11-13,23-15)19(27)24-20/h6-7,13-14,16-18,25-26H,1-5,8-12H2,(H2,22,23)(H,24,27)(H2,28,29,30)/p-1. The van der Waals surface area contributed by atoms with Gasteiger partial charge in [-0.15, -0.1) is 0 Å². The van der Waals surface area contributed by atoms with Crippen LogP contribution in [0.25, 0.3) is 0 Å². The number of nitrogens with two attached hydrogens (primary N) is 1. The highest BCUT2D eigenvalue weighted by atomic mass is 31.2. The van der Waals surface area contributed by atoms with Crippen molar-refractivity contribution in [3.05, 3.63) is 12.2 Å². The fraction of sp³-hybridized carbons (Fsp3) is 0.810. The third kappa shape index (κ3) is 5.19. The largest absolute Gasteiger partial charge is 0.756 e. The summed E-state index contributed by atoms with van der Waals surface area (Å²) in [6.45, 7) is -0.649. The van der Waals surface area contributed by atoms with Gasteiger partial charge in [-0.2, -0.15) is 0 Å². The molecule has 0 saturated carbocycles. The lowest BCUT2D eigenvalue weighted by molar-refractivity contribution is -0.222. The number of phosphoric acid groups is 1. The summed E-state index contributed by atoms with van der Waals surface area (Å²) in [6.07, 6.45) is 5.21. The number of nitrogens with zero attached hydrogens (tertiary/aromatic N) is 1. The topological polar surface area (TPSA) is 187 Å². The summed E-state index contributed by atoms with van der Waals surface area (Å²) in [5.41, 5.74) is 4.04. The first-order valence-electron chi connectivity index (χ1n) is 11.6. The second-order valence-electron chi connectivity index (χ2n) is 9.81. The number of amidine groups is 1. The third-order valence-corrected chi connectivity index (χ3v) is 7.89. The van der Waals surface area contributed by atoms with Gasteiger partial charge in [0.2, 0.25) is 5.91 Å². The van der Waals surface area contributed by atoms with Crippen LogP contribution in [-0.4, -0.2) is 68.9 Å². The maximum absolute atomic E-state index is 13.7. The molecule has 6 N–H and O–H groups in total. The Hall–Kier alpha value is -1.33. The molecule has 0 aromatic rings. The minimum absolute atomic E-state index is 0.0734. The monoisotopic (exact) mass is 486 g/mol. The van der Waals surface area contributed by atoms with Crippen molar-refractivity contribution < 1.29 is 38.6 Å². The van der Waals surface area contributed by atoms with Gasteiger partial charge in [-0.25, -0.2) is 0 Å². The molecule has 186 valence electrons. The molecule has 4 aliphatic heterocycles. The van der Waals surface area contributed by atoms with E-state index >= 15 is 0 Å². The summed E-state index contributed by atoms with van der Waals surface area (Å²) in [7, 11) is -5.03. The fourth-order valence-corrected chi connectivity index (χ4v) is 6.21. The van der Waals surface area contributed by atoms with Gasteiger partial charge in [-0.05, 0) is 37.7 Å². The van der Waals surface area contributed by atoms with Crippen molar-refractivity contribution in [2.45, 2.75) is 93.3 Å². The number of carbonyl (C=O) groups is 1. The number of carbonyl (C=O) groups excluding carboxylic acids is 1. The summed E-state index contributed by atoms with van der Waals surface area (Å²) in [5.74, 6) is -0.0375. The maximum Gasteiger partial charge on any atom is 0.265 e. The van der Waals surface area contributed by atoms with Crippen molar-refractivity contribution in [2.75, 3.05) is 6.61 Å². The molecule has 3 saturated heterocycles. The first-order chi connectivity index (χ1) is 15.5. The van der Waals surface area contributed by atoms with Gasteiger partial charge < -0.3 is 40.3 Å². The molecule has 4 rings (SSSR count). The average molecular weight is 486 g/mol. The van der Waals surface area contributed by atoms with Crippen LogP contribution in [0.2, 0.25) is 0 Å². The number of hydrogen-bond acceptors (Lipinski definition) is 9. The molecule has 11 nitrogen and oxygen atoms in total. The summed E-state index contributed by atoms with van der Waals surface area (Å²) < 4.78 is 21.4. The van der Waals surface area contributed by atoms with Gasteiger partial charge in [-0.3, -0.25) is 14.4 Å². The van der Waals surface area contributed by atoms with Crippen LogP contribution in [-0.2, 0) is 18.6 Å². The van der Waals surface area contributed by atoms with Crippen LogP contribution in [0.3, 0.4) is 0 Å². The number of rotatable bonds is 4. The number of hydrogen-bond donors (Lipinski definition) is 5. The Morgan fingerprint density at radius 2 is 1.91 bits per heavy atom. The highest BCUT2D eigenvalue weighted by molar-refractivity contribution is 7.44. The molecule has 0 aromatic heterocycles. The van der Waals surface area contributed by atoms with Crippen LogP contribution in [0, 0.1) is 5.92 Å². The van der Waals surface area contributed by atoms with E-state index in [9.17, 15) is 24.5 Å². The number of aliphatic imine (C=N–C) groups is 1. The predicted molar refractivity (Wildman–Crippen MR) is 116 cm³/mol. The molecular formula is C21H33N3O8P-. The molecule has 4 aliphatic rings. The normalized spacial score (nSPS) is 43.6. The second-order valence-corrected chi connectivity index (χ2v) is 11.0. The first kappa shape index (κ1) is 24.8. The third-order valence-electron chi connectivity index (χ3n) is 7.42. The molecule has 4 heterocycles. The number of ether oxygens (including phenoxy) is 1. The molecule has 8 unspecified atom stereocenters. The molecule has 1 spiro atoms. The summed E-state index contributed by atoms with van der Waals surface area (Å²) in [4.78, 5) is 38.3. The van der Waals surface area contributed by atoms with E-state index in [-0.39, 0.29) is 11.8 Å². The van der Waals surface area contributed by atoms with Gasteiger partial charge in [0.1, 0.15) is 35.8 Å². The van der Waals surface area contributed by atoms with Gasteiger partial charge >= 0.3 is 0 Å². The minimum atomic E-state index is -5.03. The molecular weight excluding hydrogens is 453 g/mol. The van der Waals surface area contributed by atoms with Crippen LogP contribution in [0.5, 0.6) is 0 Å². The first-order valence-corrected chi connectivity index (χ1v) is 13.1. The number of amides is 1. The van der Waals surface area contributed by atoms with Crippen molar-refractivity contribution >= 4 is 19.6 Å². The average Bonchev–Trinajstić information content (AvgIpc) is 2.86. The van der Waals surface area contributed by atoms with Crippen LogP contribution >= 0.6 is 7.82 Å². The number of nitrogens with one attached hydrogen (secondary N) is 1. The van der Waals surface area contributed by atoms with Gasteiger partial charge in [0.05, 0.1) is 12.1 Å². The van der Waals surface area contributed by atoms with Gasteiger partial charge in [0, 0.05) is 0 Å². The quantitative estimate of drug-likeness (QED) is 0.330. The Labute approximate surface area is 192 Å². The maximum atomic E-state index is 13.7. The molecule has 0 radical (unpaired) electrons. The van der Waals surface area contributed by atoms with Crippen molar-refractivity contribution in [3.63, 3.8) is 0 Å². The zero-order valence-electron chi connectivity index (χ0n) is 18.5. The SMILES string of the molecule is NC1=NC23CCCCCCCC(C4OC(COP(=O)([O-])O)C(O)C4O)(CC(C=C1)C2)NC3=O. The van der Waals surface area contributed by atoms with Crippen LogP contribution in [0.4, 0.5) is 0 Å². The fourth-order valence-electron chi connectivity index (χ4n) is 5.88. The number of aliphatic hydroxyl groups excluding tert-OH is 2. The van der Waals surface area contributed by atoms with E-state index in [4.69, 9.17) is 15.4 Å². The molecule has 1 amide bonds. The lowest BCUT2D eigenvalue weighted by Gasteiger charge is -2.41. The van der Waals surface area contributed by atoms with Crippen molar-refractivity contribution in [1.82, 2.24) is 5.32 Å². The summed E-state index contributed by atoms with van der Waals surface area (Å²) in [6, 6.07) is 0. The van der Waals surface area contributed by atoms with E-state index in [2.05, 4.69) is 14.8 Å². The van der Waals surface area contributed by atoms with Crippen molar-refractivity contribution in [1.29, 1.82) is 0 Å². The highest BCUT2D eigenvalue weighted by Gasteiger charge is 2.58. The molecule has 3 fully saturated rings. The lowest BCUT2D eigenvalue weighted by atomic mass is 9.75. The Morgan fingerprint density at radius 3 is 2.64 bits per heavy atom. The number of allylic oxidation sites excluding steroid dienone is 1. The zero-order chi connectivity index (χ0) is 23.9. The molecule has 3 bridgehead atoms. The number of aliphatic hydroxyl groups is 2. The smallest absolute Gasteiger partial charge is 0.265 e. The van der Waals surface area contributed by atoms with Crippen molar-refractivity contribution in [3.8, 4) is 0 Å². The van der Waals surface area contributed by atoms with Gasteiger partial charge in [0.25, 0.3) is 7.82 Å². The Balaban J connectivity index is 1.69. The molecule has 0 aromatic carbocycles. The Bertz CT molecular complexity index is 862. The van der Waals surface area contributed by atoms with Crippen molar-refractivity contribution in [2.24, 2.45) is 16.6 Å². The van der Waals surface area contributed by atoms with E-state index in [1.54, 1.807) is 6.08 Å².